The van der Waals surface area contributed by atoms with Crippen LogP contribution in [0.25, 0.3) is 22.4 Å². The van der Waals surface area contributed by atoms with Crippen LogP contribution in [-0.4, -0.2) is 66.3 Å². The van der Waals surface area contributed by atoms with Crippen molar-refractivity contribution >= 4 is 28.4 Å². The van der Waals surface area contributed by atoms with Crippen LogP contribution in [0.4, 0.5) is 16.2 Å². The molecule has 2 amide bonds. The number of nitrogens with one attached hydrogen (secondary N) is 3. The molecular weight excluding hydrogens is 560 g/mol. The van der Waals surface area contributed by atoms with Gasteiger partial charge in [-0.15, -0.1) is 0 Å². The summed E-state index contributed by atoms with van der Waals surface area (Å²) < 4.78 is 6.05. The van der Waals surface area contributed by atoms with Gasteiger partial charge in [0.15, 0.2) is 0 Å². The maximum atomic E-state index is 12.5. The second-order valence-corrected chi connectivity index (χ2v) is 14.2. The highest BCUT2D eigenvalue weighted by atomic mass is 16.5. The van der Waals surface area contributed by atoms with Crippen molar-refractivity contribution < 1.29 is 9.53 Å². The highest BCUT2D eigenvalue weighted by Gasteiger charge is 2.40. The molecule has 236 valence electrons. The Morgan fingerprint density at radius 1 is 0.956 bits per heavy atom. The van der Waals surface area contributed by atoms with E-state index in [0.717, 1.165) is 78.9 Å². The summed E-state index contributed by atoms with van der Waals surface area (Å²) in [5.41, 5.74) is 6.64. The Bertz CT molecular complexity index is 1620. The number of ether oxygens (including phenoxy) is 1. The van der Waals surface area contributed by atoms with Crippen LogP contribution in [0.2, 0.25) is 0 Å². The molecule has 2 heterocycles. The maximum Gasteiger partial charge on any atom is 0.319 e. The number of benzene rings is 3. The minimum absolute atomic E-state index is 0.102. The van der Waals surface area contributed by atoms with Gasteiger partial charge in [0.2, 0.25) is 0 Å². The molecule has 0 radical (unpaired) electrons. The first-order valence-electron chi connectivity index (χ1n) is 16.7. The van der Waals surface area contributed by atoms with Gasteiger partial charge in [0, 0.05) is 50.0 Å². The number of hydrogen-bond donors (Lipinski definition) is 3. The number of piperazine rings is 1. The lowest BCUT2D eigenvalue weighted by atomic mass is 9.87. The fourth-order valence-electron chi connectivity index (χ4n) is 7.43. The molecule has 3 atom stereocenters. The Hall–Kier alpha value is -4.04. The van der Waals surface area contributed by atoms with E-state index in [1.165, 1.54) is 30.5 Å². The van der Waals surface area contributed by atoms with Crippen molar-refractivity contribution in [2.45, 2.75) is 57.9 Å². The zero-order valence-electron chi connectivity index (χ0n) is 26.8. The number of aromatic nitrogens is 2. The number of H-pyrrole nitrogens is 1. The van der Waals surface area contributed by atoms with Crippen LogP contribution >= 0.6 is 0 Å². The summed E-state index contributed by atoms with van der Waals surface area (Å²) in [6.07, 6.45) is 5.01. The Balaban J connectivity index is 0.876. The van der Waals surface area contributed by atoms with Gasteiger partial charge in [0.1, 0.15) is 23.7 Å². The predicted octanol–water partition coefficient (Wildman–Crippen LogP) is 7.04. The highest BCUT2D eigenvalue weighted by molar-refractivity contribution is 5.91. The number of nitrogens with zero attached hydrogens (tertiary/aromatic N) is 3. The SMILES string of the molecule is CC(C)(C)c1ccc(-c2nc3c(N4CCN(CCOc5ccc(NC(=O)NC6CC7CCC6C7)cc5)CC4)cccc3[nH]2)cc1. The normalized spacial score (nSPS) is 21.8. The van der Waals surface area contributed by atoms with E-state index in [9.17, 15) is 4.79 Å². The van der Waals surface area contributed by atoms with Gasteiger partial charge in [-0.3, -0.25) is 4.90 Å². The Morgan fingerprint density at radius 2 is 1.73 bits per heavy atom. The summed E-state index contributed by atoms with van der Waals surface area (Å²) in [7, 11) is 0. The van der Waals surface area contributed by atoms with Crippen molar-refractivity contribution in [1.29, 1.82) is 0 Å². The summed E-state index contributed by atoms with van der Waals surface area (Å²) in [6.45, 7) is 12.1. The number of rotatable bonds is 8. The summed E-state index contributed by atoms with van der Waals surface area (Å²) in [4.78, 5) is 26.0. The van der Waals surface area contributed by atoms with Crippen LogP contribution in [0.1, 0.15) is 52.0 Å². The number of para-hydroxylation sites is 1. The Kier molecular flexibility index (Phi) is 8.17. The summed E-state index contributed by atoms with van der Waals surface area (Å²) in [5, 5.41) is 6.17. The molecule has 45 heavy (non-hydrogen) atoms. The molecule has 3 N–H and O–H groups in total. The molecule has 3 unspecified atom stereocenters. The number of amides is 2. The fourth-order valence-corrected chi connectivity index (χ4v) is 7.43. The summed E-state index contributed by atoms with van der Waals surface area (Å²) in [6, 6.07) is 23.1. The second kappa shape index (κ2) is 12.4. The molecule has 1 aliphatic heterocycles. The monoisotopic (exact) mass is 606 g/mol. The van der Waals surface area contributed by atoms with Crippen LogP contribution in [0.3, 0.4) is 0 Å². The van der Waals surface area contributed by atoms with Crippen LogP contribution in [0.15, 0.2) is 66.7 Å². The fraction of sp³-hybridized carbons (Fsp3) is 0.459. The molecule has 1 saturated heterocycles. The number of hydrogen-bond acceptors (Lipinski definition) is 5. The number of imidazole rings is 1. The van der Waals surface area contributed by atoms with Crippen LogP contribution in [0.5, 0.6) is 5.75 Å². The third-order valence-corrected chi connectivity index (χ3v) is 10.1. The van der Waals surface area contributed by atoms with E-state index in [4.69, 9.17) is 9.72 Å². The second-order valence-electron chi connectivity index (χ2n) is 14.2. The number of aromatic amines is 1. The van der Waals surface area contributed by atoms with Crippen molar-refractivity contribution in [3.63, 3.8) is 0 Å². The number of urea groups is 1. The van der Waals surface area contributed by atoms with Gasteiger partial charge in [-0.2, -0.15) is 0 Å². The van der Waals surface area contributed by atoms with Crippen LogP contribution in [0, 0.1) is 11.8 Å². The maximum absolute atomic E-state index is 12.5. The molecule has 4 aromatic rings. The average Bonchev–Trinajstić information content (AvgIpc) is 3.78. The van der Waals surface area contributed by atoms with Gasteiger partial charge in [0.25, 0.3) is 0 Å². The lowest BCUT2D eigenvalue weighted by molar-refractivity contribution is 0.200. The van der Waals surface area contributed by atoms with E-state index in [0.29, 0.717) is 18.6 Å². The molecule has 1 aromatic heterocycles. The van der Waals surface area contributed by atoms with Gasteiger partial charge in [0.05, 0.1) is 11.2 Å². The summed E-state index contributed by atoms with van der Waals surface area (Å²) in [5.74, 6) is 3.22. The van der Waals surface area contributed by atoms with E-state index in [1.807, 2.05) is 24.3 Å². The lowest BCUT2D eigenvalue weighted by Gasteiger charge is -2.36. The van der Waals surface area contributed by atoms with Crippen molar-refractivity contribution in [2.75, 3.05) is 49.5 Å². The first-order valence-corrected chi connectivity index (χ1v) is 16.7. The standard InChI is InChI=1S/C37H46N6O2/c1-37(2,3)28-11-9-26(10-12-28)35-39-31-5-4-6-33(34(31)41-35)43-19-17-42(18-20-43)21-22-45-30-15-13-29(14-16-30)38-36(44)40-32-24-25-7-8-27(32)23-25/h4-6,9-16,25,27,32H,7-8,17-24H2,1-3H3,(H,39,41)(H2,38,40,44). The van der Waals surface area contributed by atoms with E-state index in [2.05, 4.69) is 88.7 Å². The quantitative estimate of drug-likeness (QED) is 0.200. The van der Waals surface area contributed by atoms with Crippen molar-refractivity contribution in [1.82, 2.24) is 20.2 Å². The molecule has 2 bridgehead atoms. The zero-order valence-corrected chi connectivity index (χ0v) is 26.8. The molecule has 8 heteroatoms. The molecule has 3 aliphatic rings. The predicted molar refractivity (Wildman–Crippen MR) is 182 cm³/mol. The van der Waals surface area contributed by atoms with Gasteiger partial charge >= 0.3 is 6.03 Å². The van der Waals surface area contributed by atoms with E-state index >= 15 is 0 Å². The van der Waals surface area contributed by atoms with Crippen LogP contribution < -0.4 is 20.3 Å². The molecule has 3 aromatic carbocycles. The first kappa shape index (κ1) is 29.7. The third kappa shape index (κ3) is 6.66. The zero-order chi connectivity index (χ0) is 31.0. The lowest BCUT2D eigenvalue weighted by Crippen LogP contribution is -2.47. The van der Waals surface area contributed by atoms with Gasteiger partial charge in [-0.25, -0.2) is 9.78 Å². The molecular formula is C37H46N6O2. The van der Waals surface area contributed by atoms with Gasteiger partial charge in [-0.1, -0.05) is 57.5 Å². The Labute approximate surface area is 266 Å². The summed E-state index contributed by atoms with van der Waals surface area (Å²) >= 11 is 0. The number of anilines is 2. The molecule has 8 nitrogen and oxygen atoms in total. The van der Waals surface area contributed by atoms with E-state index in [-0.39, 0.29) is 11.4 Å². The largest absolute Gasteiger partial charge is 0.492 e. The molecule has 3 fully saturated rings. The smallest absolute Gasteiger partial charge is 0.319 e. The van der Waals surface area contributed by atoms with E-state index in [1.54, 1.807) is 0 Å². The molecule has 2 aliphatic carbocycles. The topological polar surface area (TPSA) is 85.5 Å². The van der Waals surface area contributed by atoms with Crippen molar-refractivity contribution in [3.8, 4) is 17.1 Å². The molecule has 0 spiro atoms. The van der Waals surface area contributed by atoms with Crippen LogP contribution in [-0.2, 0) is 5.41 Å². The van der Waals surface area contributed by atoms with Crippen molar-refractivity contribution in [2.24, 2.45) is 11.8 Å². The number of carbonyl (C=O) groups is 1. The first-order chi connectivity index (χ1) is 21.8. The minimum atomic E-state index is -0.102. The highest BCUT2D eigenvalue weighted by Crippen LogP contribution is 2.44. The number of carbonyl (C=O) groups excluding carboxylic acids is 1. The molecule has 2 saturated carbocycles. The van der Waals surface area contributed by atoms with Gasteiger partial charge < -0.3 is 25.3 Å². The molecule has 7 rings (SSSR count). The number of fused-ring (bicyclic) bond motifs is 3. The Morgan fingerprint density at radius 3 is 2.42 bits per heavy atom. The third-order valence-electron chi connectivity index (χ3n) is 10.1. The average molecular weight is 607 g/mol. The van der Waals surface area contributed by atoms with Crippen molar-refractivity contribution in [3.05, 3.63) is 72.3 Å². The van der Waals surface area contributed by atoms with Gasteiger partial charge in [-0.05, 0) is 78.5 Å². The minimum Gasteiger partial charge on any atom is -0.492 e. The van der Waals surface area contributed by atoms with E-state index < -0.39 is 0 Å².